The van der Waals surface area contributed by atoms with E-state index in [1.165, 1.54) is 6.07 Å². The summed E-state index contributed by atoms with van der Waals surface area (Å²) in [7, 11) is 0. The second-order valence-electron chi connectivity index (χ2n) is 4.57. The van der Waals surface area contributed by atoms with E-state index in [9.17, 15) is 13.2 Å². The molecule has 0 radical (unpaired) electrons. The number of aromatic nitrogens is 1. The number of nitrogens with one attached hydrogen (secondary N) is 1. The lowest BCUT2D eigenvalue weighted by molar-refractivity contribution is -0.138. The van der Waals surface area contributed by atoms with E-state index in [4.69, 9.17) is 5.84 Å². The number of alkyl halides is 3. The Hall–Kier alpha value is -1.44. The molecular formula is C14H13BrF3N3. The maximum atomic E-state index is 13.0. The van der Waals surface area contributed by atoms with Crippen LogP contribution >= 0.6 is 15.9 Å². The predicted octanol–water partition coefficient (Wildman–Crippen LogP) is 3.72. The number of hydrogen-bond acceptors (Lipinski definition) is 3. The standard InChI is InChI=1S/C14H13BrF3N3/c1-8-4-5-20-7-10(8)13(21-19)9-2-3-12(15)11(6-9)14(16,17)18/h2-7,13,21H,19H2,1H3. The van der Waals surface area contributed by atoms with Crippen LogP contribution in [0.3, 0.4) is 0 Å². The summed E-state index contributed by atoms with van der Waals surface area (Å²) in [5.41, 5.74) is 3.86. The Morgan fingerprint density at radius 2 is 2.00 bits per heavy atom. The molecule has 1 heterocycles. The minimum absolute atomic E-state index is 0.00238. The normalized spacial score (nSPS) is 13.2. The predicted molar refractivity (Wildman–Crippen MR) is 77.3 cm³/mol. The average Bonchev–Trinajstić information content (AvgIpc) is 2.42. The van der Waals surface area contributed by atoms with Gasteiger partial charge in [0.1, 0.15) is 0 Å². The van der Waals surface area contributed by atoms with Crippen LogP contribution in [0.1, 0.15) is 28.3 Å². The molecule has 1 aromatic heterocycles. The molecule has 0 saturated carbocycles. The molecule has 1 unspecified atom stereocenters. The van der Waals surface area contributed by atoms with E-state index in [2.05, 4.69) is 26.3 Å². The molecule has 2 rings (SSSR count). The first kappa shape index (κ1) is 15.9. The van der Waals surface area contributed by atoms with E-state index in [-0.39, 0.29) is 4.47 Å². The van der Waals surface area contributed by atoms with Gasteiger partial charge in [-0.05, 0) is 41.8 Å². The summed E-state index contributed by atoms with van der Waals surface area (Å²) in [5.74, 6) is 5.53. The van der Waals surface area contributed by atoms with Gasteiger partial charge in [0.25, 0.3) is 0 Å². The van der Waals surface area contributed by atoms with Crippen molar-refractivity contribution in [1.29, 1.82) is 0 Å². The summed E-state index contributed by atoms with van der Waals surface area (Å²) in [4.78, 5) is 4.00. The molecule has 3 nitrogen and oxygen atoms in total. The number of benzene rings is 1. The van der Waals surface area contributed by atoms with E-state index in [0.29, 0.717) is 5.56 Å². The Morgan fingerprint density at radius 1 is 1.29 bits per heavy atom. The van der Waals surface area contributed by atoms with E-state index in [0.717, 1.165) is 17.2 Å². The van der Waals surface area contributed by atoms with Crippen LogP contribution in [0, 0.1) is 6.92 Å². The number of hydrazine groups is 1. The molecule has 3 N–H and O–H groups in total. The van der Waals surface area contributed by atoms with E-state index < -0.39 is 17.8 Å². The number of rotatable bonds is 3. The lowest BCUT2D eigenvalue weighted by Gasteiger charge is -2.20. The monoisotopic (exact) mass is 359 g/mol. The molecule has 0 bridgehead atoms. The Balaban J connectivity index is 2.52. The minimum atomic E-state index is -4.43. The van der Waals surface area contributed by atoms with Gasteiger partial charge in [-0.3, -0.25) is 10.8 Å². The molecule has 0 aliphatic carbocycles. The van der Waals surface area contributed by atoms with Crippen LogP contribution in [0.5, 0.6) is 0 Å². The van der Waals surface area contributed by atoms with E-state index >= 15 is 0 Å². The van der Waals surface area contributed by atoms with Gasteiger partial charge in [0, 0.05) is 16.9 Å². The quantitative estimate of drug-likeness (QED) is 0.648. The van der Waals surface area contributed by atoms with Gasteiger partial charge in [0.2, 0.25) is 0 Å². The first-order chi connectivity index (χ1) is 9.84. The fourth-order valence-electron chi connectivity index (χ4n) is 2.08. The molecule has 0 amide bonds. The third-order valence-corrected chi connectivity index (χ3v) is 3.88. The molecule has 0 fully saturated rings. The molecule has 21 heavy (non-hydrogen) atoms. The molecule has 112 valence electrons. The summed E-state index contributed by atoms with van der Waals surface area (Å²) >= 11 is 2.92. The van der Waals surface area contributed by atoms with E-state index in [1.54, 1.807) is 24.5 Å². The fourth-order valence-corrected chi connectivity index (χ4v) is 2.56. The highest BCUT2D eigenvalue weighted by molar-refractivity contribution is 9.10. The van der Waals surface area contributed by atoms with Crippen LogP contribution in [-0.2, 0) is 6.18 Å². The summed E-state index contributed by atoms with van der Waals surface area (Å²) in [6.45, 7) is 1.85. The minimum Gasteiger partial charge on any atom is -0.271 e. The molecule has 1 atom stereocenters. The number of aryl methyl sites for hydroxylation is 1. The van der Waals surface area contributed by atoms with Crippen molar-refractivity contribution in [2.24, 2.45) is 5.84 Å². The van der Waals surface area contributed by atoms with Gasteiger partial charge < -0.3 is 0 Å². The topological polar surface area (TPSA) is 50.9 Å². The molecule has 7 heteroatoms. The summed E-state index contributed by atoms with van der Waals surface area (Å²) in [6.07, 6.45) is -1.22. The van der Waals surface area contributed by atoms with Gasteiger partial charge in [-0.25, -0.2) is 5.43 Å². The second kappa shape index (κ2) is 6.13. The fraction of sp³-hybridized carbons (Fsp3) is 0.214. The molecule has 0 aliphatic heterocycles. The van der Waals surface area contributed by atoms with Crippen molar-refractivity contribution in [3.8, 4) is 0 Å². The second-order valence-corrected chi connectivity index (χ2v) is 5.42. The zero-order chi connectivity index (χ0) is 15.6. The Bertz CT molecular complexity index is 644. The number of pyridine rings is 1. The maximum Gasteiger partial charge on any atom is 0.417 e. The summed E-state index contributed by atoms with van der Waals surface area (Å²) in [6, 6.07) is 5.27. The third kappa shape index (κ3) is 3.42. The van der Waals surface area contributed by atoms with Gasteiger partial charge in [-0.15, -0.1) is 0 Å². The van der Waals surface area contributed by atoms with Crippen molar-refractivity contribution in [3.63, 3.8) is 0 Å². The smallest absolute Gasteiger partial charge is 0.271 e. The van der Waals surface area contributed by atoms with Crippen molar-refractivity contribution >= 4 is 15.9 Å². The van der Waals surface area contributed by atoms with Crippen molar-refractivity contribution in [2.75, 3.05) is 0 Å². The van der Waals surface area contributed by atoms with Gasteiger partial charge in [0.05, 0.1) is 11.6 Å². The third-order valence-electron chi connectivity index (χ3n) is 3.19. The Labute approximate surface area is 128 Å². The average molecular weight is 360 g/mol. The first-order valence-corrected chi connectivity index (χ1v) is 6.87. The molecule has 0 spiro atoms. The maximum absolute atomic E-state index is 13.0. The number of nitrogens with zero attached hydrogens (tertiary/aromatic N) is 1. The van der Waals surface area contributed by atoms with Gasteiger partial charge >= 0.3 is 6.18 Å². The zero-order valence-electron chi connectivity index (χ0n) is 11.1. The number of halogens is 4. The molecule has 2 aromatic rings. The van der Waals surface area contributed by atoms with Gasteiger partial charge in [-0.1, -0.05) is 22.0 Å². The molecular weight excluding hydrogens is 347 g/mol. The molecule has 0 aliphatic rings. The highest BCUT2D eigenvalue weighted by Gasteiger charge is 2.33. The largest absolute Gasteiger partial charge is 0.417 e. The van der Waals surface area contributed by atoms with Crippen LogP contribution in [0.25, 0.3) is 0 Å². The summed E-state index contributed by atoms with van der Waals surface area (Å²) < 4.78 is 38.9. The Kier molecular flexibility index (Phi) is 4.65. The highest BCUT2D eigenvalue weighted by Crippen LogP contribution is 2.37. The van der Waals surface area contributed by atoms with Crippen LogP contribution in [0.15, 0.2) is 41.1 Å². The summed E-state index contributed by atoms with van der Waals surface area (Å²) in [5, 5.41) is 0. The lowest BCUT2D eigenvalue weighted by atomic mass is 9.96. The van der Waals surface area contributed by atoms with Gasteiger partial charge in [-0.2, -0.15) is 13.2 Å². The van der Waals surface area contributed by atoms with Crippen LogP contribution in [0.4, 0.5) is 13.2 Å². The van der Waals surface area contributed by atoms with Crippen molar-refractivity contribution in [2.45, 2.75) is 19.1 Å². The number of hydrogen-bond donors (Lipinski definition) is 2. The first-order valence-electron chi connectivity index (χ1n) is 6.08. The van der Waals surface area contributed by atoms with Crippen LogP contribution in [0.2, 0.25) is 0 Å². The van der Waals surface area contributed by atoms with Gasteiger partial charge in [0.15, 0.2) is 0 Å². The lowest BCUT2D eigenvalue weighted by Crippen LogP contribution is -2.29. The van der Waals surface area contributed by atoms with Crippen molar-refractivity contribution in [3.05, 3.63) is 63.4 Å². The number of nitrogens with two attached hydrogens (primary N) is 1. The van der Waals surface area contributed by atoms with Crippen LogP contribution in [-0.4, -0.2) is 4.98 Å². The SMILES string of the molecule is Cc1ccncc1C(NN)c1ccc(Br)c(C(F)(F)F)c1. The molecule has 1 aromatic carbocycles. The zero-order valence-corrected chi connectivity index (χ0v) is 12.7. The van der Waals surface area contributed by atoms with E-state index in [1.807, 2.05) is 6.92 Å². The Morgan fingerprint density at radius 3 is 2.57 bits per heavy atom. The molecule has 0 saturated heterocycles. The van der Waals surface area contributed by atoms with Crippen molar-refractivity contribution < 1.29 is 13.2 Å². The highest BCUT2D eigenvalue weighted by atomic mass is 79.9. The van der Waals surface area contributed by atoms with Crippen LogP contribution < -0.4 is 11.3 Å². The van der Waals surface area contributed by atoms with Crippen molar-refractivity contribution in [1.82, 2.24) is 10.4 Å².